The Morgan fingerprint density at radius 2 is 2.20 bits per heavy atom. The highest BCUT2D eigenvalue weighted by atomic mass is 16.5. The minimum absolute atomic E-state index is 0.327. The van der Waals surface area contributed by atoms with Gasteiger partial charge in [0.2, 0.25) is 5.88 Å². The van der Waals surface area contributed by atoms with Gasteiger partial charge in [0.25, 0.3) is 0 Å². The zero-order chi connectivity index (χ0) is 11.5. The first-order valence-electron chi connectivity index (χ1n) is 4.40. The van der Waals surface area contributed by atoms with Crippen molar-refractivity contribution in [3.8, 4) is 5.88 Å². The van der Waals surface area contributed by atoms with Gasteiger partial charge in [-0.25, -0.2) is 9.78 Å². The number of carbonyl (C=O) groups is 1. The van der Waals surface area contributed by atoms with E-state index in [9.17, 15) is 4.79 Å². The van der Waals surface area contributed by atoms with E-state index in [1.165, 1.54) is 14.2 Å². The molecule has 0 unspecified atom stereocenters. The lowest BCUT2D eigenvalue weighted by Crippen LogP contribution is -2.43. The van der Waals surface area contributed by atoms with Crippen LogP contribution in [-0.4, -0.2) is 25.2 Å². The van der Waals surface area contributed by atoms with Gasteiger partial charge in [-0.05, 0) is 19.1 Å². The van der Waals surface area contributed by atoms with Crippen LogP contribution in [0.4, 0.5) is 0 Å². The number of hydrogen-bond acceptors (Lipinski definition) is 5. The molecule has 1 atom stereocenters. The van der Waals surface area contributed by atoms with E-state index < -0.39 is 11.5 Å². The van der Waals surface area contributed by atoms with Crippen molar-refractivity contribution in [2.75, 3.05) is 14.2 Å². The third-order valence-corrected chi connectivity index (χ3v) is 2.13. The molecule has 0 fully saturated rings. The first kappa shape index (κ1) is 11.5. The summed E-state index contributed by atoms with van der Waals surface area (Å²) in [5.74, 6) is -0.207. The van der Waals surface area contributed by atoms with Crippen LogP contribution in [0.2, 0.25) is 0 Å². The number of ether oxygens (including phenoxy) is 2. The molecule has 0 aliphatic heterocycles. The molecule has 5 nitrogen and oxygen atoms in total. The van der Waals surface area contributed by atoms with Gasteiger partial charge < -0.3 is 15.2 Å². The molecule has 0 bridgehead atoms. The number of hydrogen-bond donors (Lipinski definition) is 1. The monoisotopic (exact) mass is 210 g/mol. The van der Waals surface area contributed by atoms with Crippen molar-refractivity contribution in [2.24, 2.45) is 5.73 Å². The van der Waals surface area contributed by atoms with Crippen LogP contribution < -0.4 is 10.5 Å². The maximum absolute atomic E-state index is 11.5. The summed E-state index contributed by atoms with van der Waals surface area (Å²) in [4.78, 5) is 15.4. The Kier molecular flexibility index (Phi) is 3.26. The first-order valence-corrected chi connectivity index (χ1v) is 4.40. The second-order valence-electron chi connectivity index (χ2n) is 3.25. The molecule has 0 aliphatic carbocycles. The standard InChI is InChI=1S/C10H14N2O3/c1-10(11,9(13)15-3)7-5-4-6-12-8(7)14-2/h4-6H,11H2,1-3H3/t10-/m0/s1. The molecule has 5 heteroatoms. The molecule has 0 aliphatic rings. The highest BCUT2D eigenvalue weighted by Gasteiger charge is 2.34. The average molecular weight is 210 g/mol. The van der Waals surface area contributed by atoms with E-state index in [4.69, 9.17) is 10.5 Å². The number of methoxy groups -OCH3 is 2. The fourth-order valence-corrected chi connectivity index (χ4v) is 1.27. The Morgan fingerprint density at radius 1 is 1.53 bits per heavy atom. The van der Waals surface area contributed by atoms with Crippen LogP contribution in [0.25, 0.3) is 0 Å². The molecule has 1 aromatic rings. The summed E-state index contributed by atoms with van der Waals surface area (Å²) < 4.78 is 9.65. The number of esters is 1. The van der Waals surface area contributed by atoms with Crippen molar-refractivity contribution in [2.45, 2.75) is 12.5 Å². The second-order valence-corrected chi connectivity index (χ2v) is 3.25. The molecule has 0 saturated heterocycles. The smallest absolute Gasteiger partial charge is 0.330 e. The summed E-state index contributed by atoms with van der Waals surface area (Å²) in [6.07, 6.45) is 1.57. The summed E-state index contributed by atoms with van der Waals surface area (Å²) in [5.41, 5.74) is 5.12. The van der Waals surface area contributed by atoms with Crippen LogP contribution in [0.5, 0.6) is 5.88 Å². The van der Waals surface area contributed by atoms with Crippen molar-refractivity contribution < 1.29 is 14.3 Å². The third-order valence-electron chi connectivity index (χ3n) is 2.13. The molecule has 0 aromatic carbocycles. The quantitative estimate of drug-likeness (QED) is 0.732. The molecule has 1 aromatic heterocycles. The molecular weight excluding hydrogens is 196 g/mol. The Bertz CT molecular complexity index is 363. The Morgan fingerprint density at radius 3 is 2.73 bits per heavy atom. The van der Waals surface area contributed by atoms with Crippen LogP contribution in [0.15, 0.2) is 18.3 Å². The lowest BCUT2D eigenvalue weighted by Gasteiger charge is -2.22. The van der Waals surface area contributed by atoms with E-state index in [-0.39, 0.29) is 0 Å². The van der Waals surface area contributed by atoms with Gasteiger partial charge in [-0.2, -0.15) is 0 Å². The number of nitrogens with zero attached hydrogens (tertiary/aromatic N) is 1. The predicted molar refractivity (Wildman–Crippen MR) is 54.3 cm³/mol. The highest BCUT2D eigenvalue weighted by molar-refractivity contribution is 5.82. The third kappa shape index (κ3) is 2.07. The molecule has 0 spiro atoms. The van der Waals surface area contributed by atoms with Gasteiger partial charge in [0, 0.05) is 11.8 Å². The summed E-state index contributed by atoms with van der Waals surface area (Å²) in [7, 11) is 2.76. The van der Waals surface area contributed by atoms with E-state index in [0.29, 0.717) is 11.4 Å². The molecular formula is C10H14N2O3. The largest absolute Gasteiger partial charge is 0.481 e. The highest BCUT2D eigenvalue weighted by Crippen LogP contribution is 2.26. The van der Waals surface area contributed by atoms with Crippen molar-refractivity contribution in [1.29, 1.82) is 0 Å². The lowest BCUT2D eigenvalue weighted by atomic mass is 9.94. The van der Waals surface area contributed by atoms with Gasteiger partial charge in [0.1, 0.15) is 5.54 Å². The number of aromatic nitrogens is 1. The van der Waals surface area contributed by atoms with E-state index in [0.717, 1.165) is 0 Å². The van der Waals surface area contributed by atoms with Gasteiger partial charge in [0.15, 0.2) is 0 Å². The summed E-state index contributed by atoms with van der Waals surface area (Å²) in [6, 6.07) is 3.37. The predicted octanol–water partition coefficient (Wildman–Crippen LogP) is 0.437. The van der Waals surface area contributed by atoms with Crippen LogP contribution in [-0.2, 0) is 15.1 Å². The van der Waals surface area contributed by atoms with Gasteiger partial charge in [-0.3, -0.25) is 0 Å². The molecule has 2 N–H and O–H groups in total. The Hall–Kier alpha value is -1.62. The zero-order valence-electron chi connectivity index (χ0n) is 8.98. The SMILES string of the molecule is COC(=O)[C@@](C)(N)c1cccnc1OC. The van der Waals surface area contributed by atoms with Crippen molar-refractivity contribution in [1.82, 2.24) is 4.98 Å². The van der Waals surface area contributed by atoms with E-state index in [2.05, 4.69) is 9.72 Å². The number of pyridine rings is 1. The van der Waals surface area contributed by atoms with Crippen LogP contribution in [0.1, 0.15) is 12.5 Å². The summed E-state index contributed by atoms with van der Waals surface area (Å²) in [6.45, 7) is 1.55. The van der Waals surface area contributed by atoms with Gasteiger partial charge in [-0.1, -0.05) is 0 Å². The first-order chi connectivity index (χ1) is 7.04. The number of nitrogens with two attached hydrogens (primary N) is 1. The molecule has 82 valence electrons. The molecule has 0 amide bonds. The van der Waals surface area contributed by atoms with E-state index >= 15 is 0 Å². The van der Waals surface area contributed by atoms with E-state index in [1.54, 1.807) is 25.3 Å². The topological polar surface area (TPSA) is 74.4 Å². The number of carbonyl (C=O) groups excluding carboxylic acids is 1. The van der Waals surface area contributed by atoms with Gasteiger partial charge >= 0.3 is 5.97 Å². The van der Waals surface area contributed by atoms with Crippen molar-refractivity contribution in [3.63, 3.8) is 0 Å². The maximum Gasteiger partial charge on any atom is 0.330 e. The minimum atomic E-state index is -1.26. The maximum atomic E-state index is 11.5. The van der Waals surface area contributed by atoms with Gasteiger partial charge in [-0.15, -0.1) is 0 Å². The van der Waals surface area contributed by atoms with Crippen LogP contribution >= 0.6 is 0 Å². The Labute approximate surface area is 88.2 Å². The average Bonchev–Trinajstić information content (AvgIpc) is 2.27. The van der Waals surface area contributed by atoms with Crippen LogP contribution in [0.3, 0.4) is 0 Å². The molecule has 0 saturated carbocycles. The minimum Gasteiger partial charge on any atom is -0.481 e. The summed E-state index contributed by atoms with van der Waals surface area (Å²) in [5, 5.41) is 0. The fraction of sp³-hybridized carbons (Fsp3) is 0.400. The van der Waals surface area contributed by atoms with E-state index in [1.807, 2.05) is 0 Å². The molecule has 1 heterocycles. The number of rotatable bonds is 3. The van der Waals surface area contributed by atoms with Crippen LogP contribution in [0, 0.1) is 0 Å². The second kappa shape index (κ2) is 4.27. The lowest BCUT2D eigenvalue weighted by molar-refractivity contribution is -0.146. The molecule has 15 heavy (non-hydrogen) atoms. The summed E-state index contributed by atoms with van der Waals surface area (Å²) >= 11 is 0. The molecule has 0 radical (unpaired) electrons. The zero-order valence-corrected chi connectivity index (χ0v) is 8.98. The van der Waals surface area contributed by atoms with Crippen molar-refractivity contribution >= 4 is 5.97 Å². The molecule has 1 rings (SSSR count). The normalized spacial score (nSPS) is 14.1. The Balaban J connectivity index is 3.19. The fourth-order valence-electron chi connectivity index (χ4n) is 1.27. The van der Waals surface area contributed by atoms with Gasteiger partial charge in [0.05, 0.1) is 14.2 Å². The van der Waals surface area contributed by atoms with Crippen molar-refractivity contribution in [3.05, 3.63) is 23.9 Å².